The van der Waals surface area contributed by atoms with Gasteiger partial charge >= 0.3 is 0 Å². The Labute approximate surface area is 117 Å². The van der Waals surface area contributed by atoms with E-state index in [-0.39, 0.29) is 6.04 Å². The Balaban J connectivity index is 2.18. The minimum atomic E-state index is 0.0349. The zero-order valence-electron chi connectivity index (χ0n) is 12.1. The van der Waals surface area contributed by atoms with Gasteiger partial charge in [0.2, 0.25) is 5.95 Å². The van der Waals surface area contributed by atoms with Crippen LogP contribution in [-0.2, 0) is 0 Å². The zero-order chi connectivity index (χ0) is 14.4. The van der Waals surface area contributed by atoms with Crippen molar-refractivity contribution in [2.75, 3.05) is 5.73 Å². The Kier molecular flexibility index (Phi) is 2.78. The molecule has 0 saturated heterocycles. The molecule has 0 aromatic carbocycles. The SMILES string of the molecule is Cc1cnc2c(c1)nc(N)n2C(C)c1cc(C)oc1C. The largest absolute Gasteiger partial charge is 0.466 e. The number of aryl methyl sites for hydroxylation is 3. The first kappa shape index (κ1) is 12.7. The van der Waals surface area contributed by atoms with Crippen LogP contribution < -0.4 is 5.73 Å². The van der Waals surface area contributed by atoms with Gasteiger partial charge in [-0.3, -0.25) is 4.57 Å². The highest BCUT2D eigenvalue weighted by atomic mass is 16.3. The molecule has 0 saturated carbocycles. The van der Waals surface area contributed by atoms with E-state index >= 15 is 0 Å². The number of hydrogen-bond acceptors (Lipinski definition) is 4. The molecule has 0 bridgehead atoms. The van der Waals surface area contributed by atoms with E-state index in [9.17, 15) is 0 Å². The number of nitrogens with zero attached hydrogens (tertiary/aromatic N) is 3. The highest BCUT2D eigenvalue weighted by molar-refractivity contribution is 5.75. The Bertz CT molecular complexity index is 785. The highest BCUT2D eigenvalue weighted by Crippen LogP contribution is 2.29. The fourth-order valence-corrected chi connectivity index (χ4v) is 2.69. The van der Waals surface area contributed by atoms with Gasteiger partial charge in [0, 0.05) is 11.8 Å². The van der Waals surface area contributed by atoms with Crippen LogP contribution in [0.4, 0.5) is 5.95 Å². The first-order chi connectivity index (χ1) is 9.47. The van der Waals surface area contributed by atoms with Crippen LogP contribution >= 0.6 is 0 Å². The molecule has 3 aromatic rings. The van der Waals surface area contributed by atoms with Crippen LogP contribution in [0.25, 0.3) is 11.2 Å². The third kappa shape index (κ3) is 1.86. The topological polar surface area (TPSA) is 69.9 Å². The first-order valence-corrected chi connectivity index (χ1v) is 6.64. The molecule has 3 aromatic heterocycles. The molecule has 5 nitrogen and oxygen atoms in total. The van der Waals surface area contributed by atoms with Gasteiger partial charge in [0.05, 0.1) is 6.04 Å². The van der Waals surface area contributed by atoms with E-state index in [1.807, 2.05) is 43.7 Å². The Morgan fingerprint density at radius 1 is 1.25 bits per heavy atom. The predicted molar refractivity (Wildman–Crippen MR) is 78.7 cm³/mol. The van der Waals surface area contributed by atoms with Gasteiger partial charge in [-0.05, 0) is 45.4 Å². The second-order valence-corrected chi connectivity index (χ2v) is 5.24. The third-order valence-corrected chi connectivity index (χ3v) is 3.61. The number of hydrogen-bond donors (Lipinski definition) is 1. The molecule has 1 unspecified atom stereocenters. The average Bonchev–Trinajstić information content (AvgIpc) is 2.87. The number of imidazole rings is 1. The Hall–Kier alpha value is -2.30. The molecule has 3 rings (SSSR count). The molecule has 0 amide bonds. The van der Waals surface area contributed by atoms with Crippen molar-refractivity contribution in [3.8, 4) is 0 Å². The molecule has 0 radical (unpaired) electrons. The molecule has 3 heterocycles. The number of pyridine rings is 1. The van der Waals surface area contributed by atoms with E-state index in [0.717, 1.165) is 33.8 Å². The van der Waals surface area contributed by atoms with Gasteiger partial charge in [0.15, 0.2) is 5.65 Å². The molecule has 0 aliphatic heterocycles. The molecule has 104 valence electrons. The number of fused-ring (bicyclic) bond motifs is 1. The van der Waals surface area contributed by atoms with E-state index in [0.29, 0.717) is 5.95 Å². The standard InChI is InChI=1S/C15H18N4O/c1-8-5-13-14(17-7-8)19(15(16)18-13)10(3)12-6-9(2)20-11(12)4/h5-7,10H,1-4H3,(H2,16,18). The van der Waals surface area contributed by atoms with Gasteiger partial charge in [0.1, 0.15) is 17.0 Å². The molecule has 0 aliphatic rings. The van der Waals surface area contributed by atoms with Crippen molar-refractivity contribution in [3.63, 3.8) is 0 Å². The number of furan rings is 1. The number of anilines is 1. The van der Waals surface area contributed by atoms with Crippen molar-refractivity contribution in [3.05, 3.63) is 41.0 Å². The average molecular weight is 270 g/mol. The lowest BCUT2D eigenvalue weighted by atomic mass is 10.1. The molecule has 5 heteroatoms. The van der Waals surface area contributed by atoms with E-state index in [2.05, 4.69) is 16.9 Å². The molecule has 0 spiro atoms. The second-order valence-electron chi connectivity index (χ2n) is 5.24. The van der Waals surface area contributed by atoms with Crippen molar-refractivity contribution in [1.82, 2.24) is 14.5 Å². The maximum absolute atomic E-state index is 6.08. The van der Waals surface area contributed by atoms with Crippen molar-refractivity contribution in [1.29, 1.82) is 0 Å². The van der Waals surface area contributed by atoms with E-state index in [1.54, 1.807) is 0 Å². The summed E-state index contributed by atoms with van der Waals surface area (Å²) >= 11 is 0. The maximum Gasteiger partial charge on any atom is 0.203 e. The maximum atomic E-state index is 6.08. The van der Waals surface area contributed by atoms with Crippen LogP contribution in [-0.4, -0.2) is 14.5 Å². The molecule has 1 atom stereocenters. The smallest absolute Gasteiger partial charge is 0.203 e. The van der Waals surface area contributed by atoms with Gasteiger partial charge in [-0.25, -0.2) is 9.97 Å². The normalized spacial score (nSPS) is 13.0. The molecule has 20 heavy (non-hydrogen) atoms. The molecular weight excluding hydrogens is 252 g/mol. The molecule has 2 N–H and O–H groups in total. The number of nitrogen functional groups attached to an aromatic ring is 1. The molecular formula is C15H18N4O. The monoisotopic (exact) mass is 270 g/mol. The quantitative estimate of drug-likeness (QED) is 0.776. The zero-order valence-corrected chi connectivity index (χ0v) is 12.1. The number of aromatic nitrogens is 3. The summed E-state index contributed by atoms with van der Waals surface area (Å²) in [4.78, 5) is 8.88. The number of rotatable bonds is 2. The van der Waals surface area contributed by atoms with E-state index in [1.165, 1.54) is 0 Å². The summed E-state index contributed by atoms with van der Waals surface area (Å²) < 4.78 is 7.56. The minimum Gasteiger partial charge on any atom is -0.466 e. The van der Waals surface area contributed by atoms with Crippen LogP contribution in [0.2, 0.25) is 0 Å². The van der Waals surface area contributed by atoms with Gasteiger partial charge < -0.3 is 10.2 Å². The van der Waals surface area contributed by atoms with Crippen molar-refractivity contribution >= 4 is 17.1 Å². The van der Waals surface area contributed by atoms with E-state index < -0.39 is 0 Å². The Morgan fingerprint density at radius 2 is 2.00 bits per heavy atom. The lowest BCUT2D eigenvalue weighted by Gasteiger charge is -2.14. The predicted octanol–water partition coefficient (Wildman–Crippen LogP) is 3.14. The lowest BCUT2D eigenvalue weighted by molar-refractivity contribution is 0.495. The summed E-state index contributed by atoms with van der Waals surface area (Å²) in [5.41, 5.74) is 9.89. The molecule has 0 fully saturated rings. The van der Waals surface area contributed by atoms with Crippen LogP contribution in [0.1, 0.15) is 35.6 Å². The van der Waals surface area contributed by atoms with Gasteiger partial charge in [-0.2, -0.15) is 0 Å². The van der Waals surface area contributed by atoms with Crippen molar-refractivity contribution in [2.24, 2.45) is 0 Å². The lowest BCUT2D eigenvalue weighted by Crippen LogP contribution is -2.11. The number of nitrogens with two attached hydrogens (primary N) is 1. The van der Waals surface area contributed by atoms with Gasteiger partial charge in [0.25, 0.3) is 0 Å². The molecule has 0 aliphatic carbocycles. The summed E-state index contributed by atoms with van der Waals surface area (Å²) in [7, 11) is 0. The summed E-state index contributed by atoms with van der Waals surface area (Å²) in [5, 5.41) is 0. The van der Waals surface area contributed by atoms with Crippen LogP contribution in [0.5, 0.6) is 0 Å². The summed E-state index contributed by atoms with van der Waals surface area (Å²) in [6, 6.07) is 4.07. The van der Waals surface area contributed by atoms with Crippen molar-refractivity contribution < 1.29 is 4.42 Å². The van der Waals surface area contributed by atoms with Crippen LogP contribution in [0.3, 0.4) is 0 Å². The fourth-order valence-electron chi connectivity index (χ4n) is 2.69. The summed E-state index contributed by atoms with van der Waals surface area (Å²) in [5.74, 6) is 2.28. The van der Waals surface area contributed by atoms with Crippen LogP contribution in [0.15, 0.2) is 22.7 Å². The summed E-state index contributed by atoms with van der Waals surface area (Å²) in [6.45, 7) is 7.98. The fraction of sp³-hybridized carbons (Fsp3) is 0.333. The third-order valence-electron chi connectivity index (χ3n) is 3.61. The van der Waals surface area contributed by atoms with E-state index in [4.69, 9.17) is 10.2 Å². The highest BCUT2D eigenvalue weighted by Gasteiger charge is 2.20. The minimum absolute atomic E-state index is 0.0349. The Morgan fingerprint density at radius 3 is 2.65 bits per heavy atom. The van der Waals surface area contributed by atoms with Crippen LogP contribution in [0, 0.1) is 20.8 Å². The second kappa shape index (κ2) is 4.37. The van der Waals surface area contributed by atoms with Crippen molar-refractivity contribution in [2.45, 2.75) is 33.7 Å². The first-order valence-electron chi connectivity index (χ1n) is 6.64. The van der Waals surface area contributed by atoms with Gasteiger partial charge in [-0.15, -0.1) is 0 Å². The van der Waals surface area contributed by atoms with Gasteiger partial charge in [-0.1, -0.05) is 0 Å². The summed E-state index contributed by atoms with van der Waals surface area (Å²) in [6.07, 6.45) is 1.83.